The Bertz CT molecular complexity index is 5580. The molecule has 9 rings (SSSR count). The van der Waals surface area contributed by atoms with Gasteiger partial charge in [-0.2, -0.15) is 13.2 Å². The number of carbonyl (C=O) groups excluding carboxylic acids is 11. The first-order valence-electron chi connectivity index (χ1n) is 45.6. The van der Waals surface area contributed by atoms with Crippen molar-refractivity contribution in [3.8, 4) is 0 Å². The number of alkyl halides is 3. The molecule has 1 saturated heterocycles. The van der Waals surface area contributed by atoms with Crippen molar-refractivity contribution in [3.05, 3.63) is 284 Å². The highest BCUT2D eigenvalue weighted by Gasteiger charge is 2.39. The average Bonchev–Trinajstić information content (AvgIpc) is 1.10. The molecule has 0 aromatic heterocycles. The molecular weight excluding hydrogens is 1840 g/mol. The molecule has 0 radical (unpaired) electrons. The van der Waals surface area contributed by atoms with Gasteiger partial charge in [0.2, 0.25) is 37.8 Å². The summed E-state index contributed by atoms with van der Waals surface area (Å²) >= 11 is 0. The van der Waals surface area contributed by atoms with Gasteiger partial charge in [0.25, 0.3) is 11.8 Å². The second-order valence-electron chi connectivity index (χ2n) is 33.2. The van der Waals surface area contributed by atoms with Crippen molar-refractivity contribution >= 4 is 96.3 Å². The minimum Gasteiger partial charge on any atom is -0.384 e. The van der Waals surface area contributed by atoms with E-state index in [0.29, 0.717) is 141 Å². The van der Waals surface area contributed by atoms with Crippen LogP contribution in [0.3, 0.4) is 0 Å². The molecule has 8 aromatic carbocycles. The Morgan fingerprint density at radius 3 is 1.31 bits per heavy atom. The van der Waals surface area contributed by atoms with Crippen LogP contribution in [0.5, 0.6) is 0 Å². The molecule has 1 fully saturated rings. The summed E-state index contributed by atoms with van der Waals surface area (Å²) in [5, 5.41) is 26.0. The number of sulfonamides is 2. The summed E-state index contributed by atoms with van der Waals surface area (Å²) in [6.45, 7) is 3.37. The predicted molar refractivity (Wildman–Crippen MR) is 517 cm³/mol. The van der Waals surface area contributed by atoms with Gasteiger partial charge in [-0.15, -0.1) is 5.06 Å². The van der Waals surface area contributed by atoms with Crippen molar-refractivity contribution in [1.82, 2.24) is 35.8 Å². The van der Waals surface area contributed by atoms with E-state index in [1.54, 1.807) is 123 Å². The van der Waals surface area contributed by atoms with Gasteiger partial charge in [0.05, 0.1) is 63.0 Å². The van der Waals surface area contributed by atoms with Crippen LogP contribution in [0.15, 0.2) is 206 Å². The number of halogens is 3. The lowest BCUT2D eigenvalue weighted by molar-refractivity contribution is -0.197. The number of hydrogen-bond donors (Lipinski definition) is 12. The number of nitrogens with one attached hydrogen (secondary N) is 8. The fourth-order valence-corrected chi connectivity index (χ4v) is 17.3. The number of aryl methyl sites for hydroxylation is 2. The largest absolute Gasteiger partial charge is 0.471 e. The van der Waals surface area contributed by atoms with Gasteiger partial charge in [0.1, 0.15) is 23.2 Å². The number of nitrogen functional groups attached to an aromatic ring is 2. The van der Waals surface area contributed by atoms with Crippen LogP contribution in [0.2, 0.25) is 0 Å². The number of hydroxylamine groups is 2. The number of amides is 6. The van der Waals surface area contributed by atoms with Crippen LogP contribution in [0.25, 0.3) is 0 Å². The number of Topliss-reactive ketones (excluding diaryl/α,β-unsaturated/α-hetero) is 4. The normalized spacial score (nSPS) is 12.8. The van der Waals surface area contributed by atoms with E-state index in [2.05, 4.69) is 30.2 Å². The van der Waals surface area contributed by atoms with E-state index in [-0.39, 0.29) is 138 Å². The molecular formula is C101H126F3N13O20S2. The lowest BCUT2D eigenvalue weighted by Crippen LogP contribution is -2.43. The fraction of sp³-hybridized carbons (Fsp3) is 0.396. The Kier molecular flexibility index (Phi) is 49.0. The third-order valence-corrected chi connectivity index (χ3v) is 24.7. The smallest absolute Gasteiger partial charge is 0.384 e. The number of nitrogens with two attached hydrogens (primary N) is 4. The molecule has 139 heavy (non-hydrogen) atoms. The Balaban J connectivity index is 0.000000312. The Labute approximate surface area is 808 Å². The van der Waals surface area contributed by atoms with E-state index in [0.717, 1.165) is 33.4 Å². The highest BCUT2D eigenvalue weighted by atomic mass is 32.2. The van der Waals surface area contributed by atoms with Crippen LogP contribution < -0.4 is 53.6 Å². The lowest BCUT2D eigenvalue weighted by atomic mass is 9.89. The summed E-state index contributed by atoms with van der Waals surface area (Å²) < 4.78 is 118. The maximum Gasteiger partial charge on any atom is 0.471 e. The molecule has 1 aliphatic rings. The average molecular weight is 1960 g/mol. The predicted octanol–water partition coefficient (Wildman–Crippen LogP) is 8.99. The van der Waals surface area contributed by atoms with Crippen molar-refractivity contribution in [2.75, 3.05) is 60.4 Å². The number of carbonyl (C=O) groups is 11. The van der Waals surface area contributed by atoms with Gasteiger partial charge in [-0.1, -0.05) is 206 Å². The Morgan fingerprint density at radius 1 is 0.432 bits per heavy atom. The number of imide groups is 1. The lowest BCUT2D eigenvalue weighted by Gasteiger charge is -2.22. The molecule has 0 bridgehead atoms. The SMILES string of the molecule is COCCOCCCC(=O)CCC(=O)ON1C(=O)CCC1=O.COCCOCCNC(=O)CCC(=O)Cc1ccc(CS(=O)(=O)N[C@H](CCCc2ccccc2)C(=O)C[C@@H](Cc2cccc(CN)c2)C(=O)NCc2ccc(C(=N)N)cc2)cc1.N=C(N)c1ccc(CNC(=O)[C@@H](CC(=O)[C@@H](CCCc2ccccc2)NS(=O)(=O)Cc2cccc(CN)c2)Cc2cccc(CNC(=O)C(F)(F)F)c2)cc1. The summed E-state index contributed by atoms with van der Waals surface area (Å²) in [4.78, 5) is 142. The first kappa shape index (κ1) is 113. The van der Waals surface area contributed by atoms with Gasteiger partial charge in [-0.25, -0.2) is 31.1 Å². The molecule has 8 aromatic rings. The van der Waals surface area contributed by atoms with E-state index in [1.807, 2.05) is 90.2 Å². The summed E-state index contributed by atoms with van der Waals surface area (Å²) in [7, 11) is -4.95. The van der Waals surface area contributed by atoms with Crippen molar-refractivity contribution in [3.63, 3.8) is 0 Å². The molecule has 6 amide bonds. The van der Waals surface area contributed by atoms with E-state index < -0.39 is 109 Å². The van der Waals surface area contributed by atoms with Crippen molar-refractivity contribution in [2.45, 2.75) is 184 Å². The summed E-state index contributed by atoms with van der Waals surface area (Å²) in [5.41, 5.74) is 32.3. The molecule has 0 spiro atoms. The van der Waals surface area contributed by atoms with Crippen LogP contribution in [0, 0.1) is 22.7 Å². The number of nitrogens with zero attached hydrogens (tertiary/aromatic N) is 1. The maximum atomic E-state index is 14.2. The van der Waals surface area contributed by atoms with Gasteiger partial charge in [0, 0.05) is 141 Å². The molecule has 748 valence electrons. The second kappa shape index (κ2) is 60.2. The molecule has 1 aliphatic heterocycles. The van der Waals surface area contributed by atoms with Crippen molar-refractivity contribution < 1.29 is 107 Å². The Morgan fingerprint density at radius 2 is 0.842 bits per heavy atom. The van der Waals surface area contributed by atoms with Crippen LogP contribution in [0.4, 0.5) is 13.2 Å². The van der Waals surface area contributed by atoms with Gasteiger partial charge in [-0.3, -0.25) is 58.8 Å². The second-order valence-corrected chi connectivity index (χ2v) is 36.8. The van der Waals surface area contributed by atoms with E-state index >= 15 is 0 Å². The van der Waals surface area contributed by atoms with Crippen molar-refractivity contribution in [1.29, 1.82) is 10.8 Å². The molecule has 38 heteroatoms. The quantitative estimate of drug-likeness (QED) is 0.00731. The first-order valence-corrected chi connectivity index (χ1v) is 48.9. The zero-order chi connectivity index (χ0) is 101. The monoisotopic (exact) mass is 1960 g/mol. The third-order valence-electron chi connectivity index (χ3n) is 22.0. The topological polar surface area (TPSA) is 529 Å². The molecule has 0 unspecified atom stereocenters. The van der Waals surface area contributed by atoms with E-state index in [9.17, 15) is 82.7 Å². The fourth-order valence-electron chi connectivity index (χ4n) is 14.5. The van der Waals surface area contributed by atoms with Gasteiger partial charge >= 0.3 is 18.1 Å². The van der Waals surface area contributed by atoms with Crippen LogP contribution in [-0.2, 0) is 173 Å². The minimum atomic E-state index is -5.05. The number of amidine groups is 2. The molecule has 0 saturated carbocycles. The number of benzene rings is 8. The summed E-state index contributed by atoms with van der Waals surface area (Å²) in [6, 6.07) is 57.8. The molecule has 4 atom stereocenters. The van der Waals surface area contributed by atoms with Gasteiger partial charge in [0.15, 0.2) is 11.6 Å². The van der Waals surface area contributed by atoms with Crippen LogP contribution in [-0.4, -0.2) is 177 Å². The number of rotatable bonds is 60. The number of ether oxygens (including phenoxy) is 4. The maximum absolute atomic E-state index is 14.2. The molecule has 1 heterocycles. The number of hydrogen-bond acceptors (Lipinski definition) is 24. The first-order chi connectivity index (χ1) is 66.5. The number of ketones is 4. The van der Waals surface area contributed by atoms with Crippen molar-refractivity contribution in [2.24, 2.45) is 34.8 Å². The third kappa shape index (κ3) is 44.3. The standard InChI is InChI=1S/C47H60N6O8S.C40H45F3N6O5S.C14H21NO7/c1-60-25-26-61-24-23-51-45(56)22-21-42(54)29-35-13-15-37(16-14-35)33-62(58,59)53-43(12-6-9-34-7-3-2-4-8-34)44(55)30-41(28-38-10-5-11-39(27-38)31-48)47(57)52-32-36-17-19-40(20-18-36)46(49)50;41-40(42,43)39(52)48-25-31-12-4-10-29(19-31)21-34(38(51)47-24-28-15-17-33(18-16-28)37(45)46)22-36(50)35(14-6-9-27-7-2-1-3-8-27)49-55(53,54)26-32-13-5-11-30(20-32)23-44;1-20-9-10-21-8-2-3-11(16)4-7-14(19)22-15-12(17)5-6-13(15)18/h2-5,7-8,10-11,13-20,27,41,43,53H,6,9,12,21-26,28-33,48H2,1H3,(H3,49,50)(H,51,56)(H,52,57);1-5,7-8,10-13,15-20,34-35,49H,6,9,14,21-26,44H2,(H3,45,46)(H,47,51)(H,48,52);2-10H2,1H3/t41-,43-;34-,35-;/m11./s1. The molecule has 33 nitrogen and oxygen atoms in total. The summed E-state index contributed by atoms with van der Waals surface area (Å²) in [5.74, 6) is -8.97. The van der Waals surface area contributed by atoms with Crippen LogP contribution >= 0.6 is 0 Å². The highest BCUT2D eigenvalue weighted by molar-refractivity contribution is 7.89. The van der Waals surface area contributed by atoms with Crippen LogP contribution in [0.1, 0.15) is 168 Å². The van der Waals surface area contributed by atoms with Gasteiger partial charge in [-0.05, 0) is 125 Å². The minimum absolute atomic E-state index is 0.0166. The molecule has 0 aliphatic carbocycles. The van der Waals surface area contributed by atoms with Gasteiger partial charge < -0.3 is 68.0 Å². The summed E-state index contributed by atoms with van der Waals surface area (Å²) in [6.07, 6.45) is -1.81. The zero-order valence-electron chi connectivity index (χ0n) is 78.1. The van der Waals surface area contributed by atoms with E-state index in [1.165, 1.54) is 12.1 Å². The molecule has 16 N–H and O–H groups in total. The number of methoxy groups -OCH3 is 2. The zero-order valence-corrected chi connectivity index (χ0v) is 79.8. The van der Waals surface area contributed by atoms with E-state index in [4.69, 9.17) is 52.7 Å². The highest BCUT2D eigenvalue weighted by Crippen LogP contribution is 2.25. The Hall–Kier alpha value is -12.8.